The second kappa shape index (κ2) is 5.05. The number of ketones is 1. The lowest BCUT2D eigenvalue weighted by molar-refractivity contribution is -0.151. The van der Waals surface area contributed by atoms with Crippen LogP contribution in [0, 0.1) is 11.6 Å². The van der Waals surface area contributed by atoms with E-state index in [1.54, 1.807) is 0 Å². The largest absolute Gasteiger partial charge is 0.370 e. The number of ether oxygens (including phenoxy) is 1. The molecule has 0 heterocycles. The van der Waals surface area contributed by atoms with Crippen molar-refractivity contribution < 1.29 is 18.3 Å². The van der Waals surface area contributed by atoms with Gasteiger partial charge in [0.25, 0.3) is 0 Å². The van der Waals surface area contributed by atoms with Crippen LogP contribution in [0.2, 0.25) is 0 Å². The zero-order chi connectivity index (χ0) is 13.3. The Morgan fingerprint density at radius 1 is 1.44 bits per heavy atom. The molecule has 0 saturated heterocycles. The van der Waals surface area contributed by atoms with Crippen molar-refractivity contribution >= 4 is 21.7 Å². The van der Waals surface area contributed by atoms with Crippen LogP contribution in [-0.4, -0.2) is 18.5 Å². The summed E-state index contributed by atoms with van der Waals surface area (Å²) in [5.41, 5.74) is -1.03. The molecular weight excluding hydrogens is 306 g/mol. The van der Waals surface area contributed by atoms with Gasteiger partial charge in [-0.3, -0.25) is 4.79 Å². The summed E-state index contributed by atoms with van der Waals surface area (Å²) in [6.07, 6.45) is 1.88. The molecule has 0 atom stereocenters. The van der Waals surface area contributed by atoms with E-state index in [0.717, 1.165) is 12.5 Å². The van der Waals surface area contributed by atoms with Crippen molar-refractivity contribution in [3.63, 3.8) is 0 Å². The van der Waals surface area contributed by atoms with E-state index in [-0.39, 0.29) is 22.2 Å². The highest BCUT2D eigenvalue weighted by atomic mass is 79.9. The summed E-state index contributed by atoms with van der Waals surface area (Å²) >= 11 is 2.98. The standard InChI is InChI=1S/C13H13BrF2O2/c1-18-13(5-2-6-13)11(17)7-8-10(15)4-3-9(14)12(8)16/h3-4H,2,5-7H2,1H3. The molecule has 0 spiro atoms. The van der Waals surface area contributed by atoms with Gasteiger partial charge in [0.1, 0.15) is 17.2 Å². The molecule has 1 aromatic carbocycles. The molecule has 1 aromatic rings. The Balaban J connectivity index is 2.24. The first-order chi connectivity index (χ1) is 8.50. The van der Waals surface area contributed by atoms with Gasteiger partial charge in [0.05, 0.1) is 4.47 Å². The van der Waals surface area contributed by atoms with Crippen LogP contribution >= 0.6 is 15.9 Å². The van der Waals surface area contributed by atoms with Crippen LogP contribution in [-0.2, 0) is 16.0 Å². The van der Waals surface area contributed by atoms with Crippen molar-refractivity contribution in [1.82, 2.24) is 0 Å². The van der Waals surface area contributed by atoms with Crippen LogP contribution in [0.15, 0.2) is 16.6 Å². The normalized spacial score (nSPS) is 17.3. The monoisotopic (exact) mass is 318 g/mol. The van der Waals surface area contributed by atoms with Crippen molar-refractivity contribution in [2.24, 2.45) is 0 Å². The molecule has 0 aliphatic heterocycles. The fourth-order valence-electron chi connectivity index (χ4n) is 2.15. The fourth-order valence-corrected chi connectivity index (χ4v) is 2.52. The maximum absolute atomic E-state index is 13.8. The second-order valence-corrected chi connectivity index (χ2v) is 5.33. The van der Waals surface area contributed by atoms with Gasteiger partial charge in [-0.15, -0.1) is 0 Å². The number of benzene rings is 1. The smallest absolute Gasteiger partial charge is 0.169 e. The Morgan fingerprint density at radius 2 is 2.11 bits per heavy atom. The number of halogens is 3. The van der Waals surface area contributed by atoms with Crippen LogP contribution < -0.4 is 0 Å². The van der Waals surface area contributed by atoms with E-state index in [0.29, 0.717) is 12.8 Å². The highest BCUT2D eigenvalue weighted by Gasteiger charge is 2.44. The van der Waals surface area contributed by atoms with Gasteiger partial charge >= 0.3 is 0 Å². The first kappa shape index (κ1) is 13.6. The van der Waals surface area contributed by atoms with Crippen molar-refractivity contribution in [2.75, 3.05) is 7.11 Å². The minimum Gasteiger partial charge on any atom is -0.370 e. The van der Waals surface area contributed by atoms with Crippen LogP contribution in [0.4, 0.5) is 8.78 Å². The van der Waals surface area contributed by atoms with Gasteiger partial charge in [0.2, 0.25) is 0 Å². The third-order valence-corrected chi connectivity index (χ3v) is 4.15. The van der Waals surface area contributed by atoms with Gasteiger partial charge in [0, 0.05) is 19.1 Å². The molecule has 0 aromatic heterocycles. The van der Waals surface area contributed by atoms with Crippen molar-refractivity contribution in [3.8, 4) is 0 Å². The highest BCUT2D eigenvalue weighted by Crippen LogP contribution is 2.37. The average molecular weight is 319 g/mol. The Hall–Kier alpha value is -0.810. The summed E-state index contributed by atoms with van der Waals surface area (Å²) in [4.78, 5) is 12.1. The lowest BCUT2D eigenvalue weighted by Gasteiger charge is -2.38. The van der Waals surface area contributed by atoms with Gasteiger partial charge in [0.15, 0.2) is 5.78 Å². The Kier molecular flexibility index (Phi) is 3.82. The van der Waals surface area contributed by atoms with Crippen molar-refractivity contribution in [2.45, 2.75) is 31.3 Å². The molecule has 2 nitrogen and oxygen atoms in total. The van der Waals surface area contributed by atoms with Crippen LogP contribution in [0.1, 0.15) is 24.8 Å². The van der Waals surface area contributed by atoms with E-state index in [2.05, 4.69) is 15.9 Å². The van der Waals surface area contributed by atoms with Gasteiger partial charge in [-0.25, -0.2) is 8.78 Å². The molecule has 2 rings (SSSR count). The SMILES string of the molecule is COC1(C(=O)Cc2c(F)ccc(Br)c2F)CCC1. The number of methoxy groups -OCH3 is 1. The first-order valence-corrected chi connectivity index (χ1v) is 6.50. The van der Waals surface area contributed by atoms with Crippen LogP contribution in [0.5, 0.6) is 0 Å². The molecule has 0 unspecified atom stereocenters. The number of Topliss-reactive ketones (excluding diaryl/α,β-unsaturated/α-hetero) is 1. The molecule has 0 bridgehead atoms. The van der Waals surface area contributed by atoms with Crippen LogP contribution in [0.25, 0.3) is 0 Å². The Bertz CT molecular complexity index is 479. The third kappa shape index (κ3) is 2.21. The molecule has 98 valence electrons. The van der Waals surface area contributed by atoms with Gasteiger partial charge in [-0.1, -0.05) is 0 Å². The minimum absolute atomic E-state index is 0.159. The van der Waals surface area contributed by atoms with Crippen LogP contribution in [0.3, 0.4) is 0 Å². The lowest BCUT2D eigenvalue weighted by atomic mass is 9.75. The molecule has 18 heavy (non-hydrogen) atoms. The van der Waals surface area contributed by atoms with E-state index >= 15 is 0 Å². The van der Waals surface area contributed by atoms with Gasteiger partial charge in [-0.05, 0) is 47.3 Å². The zero-order valence-electron chi connectivity index (χ0n) is 9.93. The second-order valence-electron chi connectivity index (χ2n) is 4.47. The summed E-state index contributed by atoms with van der Waals surface area (Å²) < 4.78 is 32.7. The van der Waals surface area contributed by atoms with E-state index in [4.69, 9.17) is 4.74 Å². The molecule has 1 saturated carbocycles. The van der Waals surface area contributed by atoms with E-state index in [9.17, 15) is 13.6 Å². The lowest BCUT2D eigenvalue weighted by Crippen LogP contribution is -2.48. The Morgan fingerprint density at radius 3 is 2.61 bits per heavy atom. The maximum atomic E-state index is 13.8. The van der Waals surface area contributed by atoms with E-state index in [1.165, 1.54) is 13.2 Å². The number of carbonyl (C=O) groups excluding carboxylic acids is 1. The highest BCUT2D eigenvalue weighted by molar-refractivity contribution is 9.10. The van der Waals surface area contributed by atoms with Gasteiger partial charge in [-0.2, -0.15) is 0 Å². The molecule has 5 heteroatoms. The van der Waals surface area contributed by atoms with Crippen molar-refractivity contribution in [3.05, 3.63) is 33.8 Å². The summed E-state index contributed by atoms with van der Waals surface area (Å²) in [5, 5.41) is 0. The molecular formula is C13H13BrF2O2. The fraction of sp³-hybridized carbons (Fsp3) is 0.462. The number of carbonyl (C=O) groups is 1. The first-order valence-electron chi connectivity index (χ1n) is 5.71. The third-order valence-electron chi connectivity index (χ3n) is 3.54. The summed E-state index contributed by atoms with van der Waals surface area (Å²) in [5.74, 6) is -1.67. The molecule has 1 aliphatic rings. The minimum atomic E-state index is -0.832. The quantitative estimate of drug-likeness (QED) is 0.795. The summed E-state index contributed by atoms with van der Waals surface area (Å²) in [6.45, 7) is 0. The number of hydrogen-bond acceptors (Lipinski definition) is 2. The predicted molar refractivity (Wildman–Crippen MR) is 66.4 cm³/mol. The Labute approximate surface area is 112 Å². The average Bonchev–Trinajstić information content (AvgIpc) is 2.29. The maximum Gasteiger partial charge on any atom is 0.169 e. The predicted octanol–water partition coefficient (Wildman–Crippen LogP) is 3.41. The topological polar surface area (TPSA) is 26.3 Å². The van der Waals surface area contributed by atoms with E-state index in [1.807, 2.05) is 0 Å². The zero-order valence-corrected chi connectivity index (χ0v) is 11.5. The number of hydrogen-bond donors (Lipinski definition) is 0. The van der Waals surface area contributed by atoms with Gasteiger partial charge < -0.3 is 4.74 Å². The molecule has 0 N–H and O–H groups in total. The summed E-state index contributed by atoms with van der Waals surface area (Å²) in [6, 6.07) is 2.43. The molecule has 0 amide bonds. The molecule has 0 radical (unpaired) electrons. The molecule has 1 fully saturated rings. The number of rotatable bonds is 4. The summed E-state index contributed by atoms with van der Waals surface area (Å²) in [7, 11) is 1.46. The molecule has 1 aliphatic carbocycles. The van der Waals surface area contributed by atoms with Crippen molar-refractivity contribution in [1.29, 1.82) is 0 Å². The van der Waals surface area contributed by atoms with E-state index < -0.39 is 17.2 Å².